The maximum Gasteiger partial charge on any atom is 0.232 e. The number of nitrogens with one attached hydrogen (secondary N) is 3. The van der Waals surface area contributed by atoms with Crippen LogP contribution in [0.5, 0.6) is 0 Å². The first-order valence-electron chi connectivity index (χ1n) is 9.21. The van der Waals surface area contributed by atoms with Crippen LogP contribution in [0.1, 0.15) is 43.6 Å². The SMILES string of the molecule is CN=C(NCCc1c[nH]c2cccc(C)c12)NCc1noc(C(C)(C)C)n1.I. The molecule has 0 saturated carbocycles. The fraction of sp³-hybridized carbons (Fsp3) is 0.450. The molecule has 0 spiro atoms. The first kappa shape index (κ1) is 22.2. The summed E-state index contributed by atoms with van der Waals surface area (Å²) < 4.78 is 5.31. The highest BCUT2D eigenvalue weighted by Crippen LogP contribution is 2.22. The highest BCUT2D eigenvalue weighted by Gasteiger charge is 2.21. The Morgan fingerprint density at radius 2 is 2.04 bits per heavy atom. The summed E-state index contributed by atoms with van der Waals surface area (Å²) in [6.07, 6.45) is 2.99. The zero-order chi connectivity index (χ0) is 19.4. The third-order valence-electron chi connectivity index (χ3n) is 4.43. The van der Waals surface area contributed by atoms with Gasteiger partial charge in [0.05, 0.1) is 6.54 Å². The molecule has 3 aromatic rings. The molecule has 0 saturated heterocycles. The second-order valence-corrected chi connectivity index (χ2v) is 7.68. The quantitative estimate of drug-likeness (QED) is 0.285. The van der Waals surface area contributed by atoms with Crippen molar-refractivity contribution in [3.05, 3.63) is 47.2 Å². The van der Waals surface area contributed by atoms with Crippen LogP contribution in [0.2, 0.25) is 0 Å². The van der Waals surface area contributed by atoms with E-state index in [1.807, 2.05) is 20.8 Å². The normalized spacial score (nSPS) is 12.1. The monoisotopic (exact) mass is 496 g/mol. The van der Waals surface area contributed by atoms with E-state index in [2.05, 4.69) is 62.1 Å². The molecular formula is C20H29IN6O. The Hall–Kier alpha value is -2.10. The summed E-state index contributed by atoms with van der Waals surface area (Å²) in [6.45, 7) is 9.52. The van der Waals surface area contributed by atoms with Gasteiger partial charge < -0.3 is 20.1 Å². The van der Waals surface area contributed by atoms with E-state index in [0.29, 0.717) is 24.2 Å². The Morgan fingerprint density at radius 1 is 1.25 bits per heavy atom. The molecule has 3 rings (SSSR count). The maximum atomic E-state index is 5.31. The summed E-state index contributed by atoms with van der Waals surface area (Å²) in [6, 6.07) is 6.33. The molecule has 0 amide bonds. The van der Waals surface area contributed by atoms with E-state index in [9.17, 15) is 0 Å². The predicted molar refractivity (Wildman–Crippen MR) is 123 cm³/mol. The van der Waals surface area contributed by atoms with Gasteiger partial charge in [-0.05, 0) is 30.5 Å². The van der Waals surface area contributed by atoms with Gasteiger partial charge in [0.1, 0.15) is 0 Å². The lowest BCUT2D eigenvalue weighted by atomic mass is 9.97. The number of hydrogen-bond donors (Lipinski definition) is 3. The number of aromatic nitrogens is 3. The number of rotatable bonds is 5. The Labute approximate surface area is 182 Å². The number of halogens is 1. The number of hydrogen-bond acceptors (Lipinski definition) is 4. The number of nitrogens with zero attached hydrogens (tertiary/aromatic N) is 3. The van der Waals surface area contributed by atoms with Crippen molar-refractivity contribution >= 4 is 40.8 Å². The van der Waals surface area contributed by atoms with Crippen molar-refractivity contribution in [2.45, 2.75) is 46.1 Å². The van der Waals surface area contributed by atoms with E-state index in [0.717, 1.165) is 13.0 Å². The van der Waals surface area contributed by atoms with E-state index < -0.39 is 0 Å². The van der Waals surface area contributed by atoms with Crippen LogP contribution in [0, 0.1) is 6.92 Å². The van der Waals surface area contributed by atoms with Crippen molar-refractivity contribution in [3.63, 3.8) is 0 Å². The average molecular weight is 496 g/mol. The van der Waals surface area contributed by atoms with Crippen molar-refractivity contribution in [1.29, 1.82) is 0 Å². The molecule has 152 valence electrons. The van der Waals surface area contributed by atoms with E-state index in [4.69, 9.17) is 4.52 Å². The molecule has 8 heteroatoms. The van der Waals surface area contributed by atoms with Crippen molar-refractivity contribution in [2.24, 2.45) is 4.99 Å². The minimum atomic E-state index is -0.150. The fourth-order valence-electron chi connectivity index (χ4n) is 2.98. The zero-order valence-electron chi connectivity index (χ0n) is 17.1. The first-order chi connectivity index (χ1) is 12.9. The number of fused-ring (bicyclic) bond motifs is 1. The highest BCUT2D eigenvalue weighted by molar-refractivity contribution is 14.0. The largest absolute Gasteiger partial charge is 0.361 e. The van der Waals surface area contributed by atoms with Crippen molar-refractivity contribution in [2.75, 3.05) is 13.6 Å². The van der Waals surface area contributed by atoms with Crippen LogP contribution in [-0.2, 0) is 18.4 Å². The van der Waals surface area contributed by atoms with Crippen LogP contribution in [-0.4, -0.2) is 34.7 Å². The topological polar surface area (TPSA) is 91.1 Å². The molecule has 0 atom stereocenters. The van der Waals surface area contributed by atoms with Crippen molar-refractivity contribution in [1.82, 2.24) is 25.8 Å². The lowest BCUT2D eigenvalue weighted by Crippen LogP contribution is -2.38. The summed E-state index contributed by atoms with van der Waals surface area (Å²) in [5, 5.41) is 11.9. The summed E-state index contributed by atoms with van der Waals surface area (Å²) in [4.78, 5) is 12.0. The molecule has 2 aromatic heterocycles. The molecule has 0 aliphatic rings. The minimum absolute atomic E-state index is 0. The van der Waals surface area contributed by atoms with Gasteiger partial charge in [0.15, 0.2) is 11.8 Å². The third kappa shape index (κ3) is 5.24. The molecule has 0 radical (unpaired) electrons. The summed E-state index contributed by atoms with van der Waals surface area (Å²) in [7, 11) is 1.75. The lowest BCUT2D eigenvalue weighted by Gasteiger charge is -2.11. The van der Waals surface area contributed by atoms with Gasteiger partial charge in [0, 0.05) is 36.1 Å². The van der Waals surface area contributed by atoms with Crippen molar-refractivity contribution in [3.8, 4) is 0 Å². The molecular weight excluding hydrogens is 467 g/mol. The van der Waals surface area contributed by atoms with Gasteiger partial charge in [0.2, 0.25) is 5.89 Å². The standard InChI is InChI=1S/C20H28N6O.HI/c1-13-7-6-8-15-17(13)14(11-23-15)9-10-22-19(21-5)24-12-16-25-18(27-26-16)20(2,3)4;/h6-8,11,23H,9-10,12H2,1-5H3,(H2,21,22,24);1H. The van der Waals surface area contributed by atoms with Gasteiger partial charge >= 0.3 is 0 Å². The zero-order valence-corrected chi connectivity index (χ0v) is 19.4. The number of H-pyrrole nitrogens is 1. The second-order valence-electron chi connectivity index (χ2n) is 7.68. The molecule has 28 heavy (non-hydrogen) atoms. The predicted octanol–water partition coefficient (Wildman–Crippen LogP) is 3.68. The Morgan fingerprint density at radius 3 is 2.71 bits per heavy atom. The molecule has 0 fully saturated rings. The third-order valence-corrected chi connectivity index (χ3v) is 4.43. The van der Waals surface area contributed by atoms with E-state index in [1.54, 1.807) is 7.05 Å². The summed E-state index contributed by atoms with van der Waals surface area (Å²) in [5.74, 6) is 1.97. The molecule has 1 aromatic carbocycles. The fourth-order valence-corrected chi connectivity index (χ4v) is 2.98. The van der Waals surface area contributed by atoms with Crippen LogP contribution in [0.15, 0.2) is 33.9 Å². The molecule has 2 heterocycles. The van der Waals surface area contributed by atoms with Gasteiger partial charge in [-0.25, -0.2) is 0 Å². The average Bonchev–Trinajstić information content (AvgIpc) is 3.25. The molecule has 0 bridgehead atoms. The molecule has 3 N–H and O–H groups in total. The van der Waals surface area contributed by atoms with Crippen LogP contribution in [0.3, 0.4) is 0 Å². The molecule has 0 aliphatic heterocycles. The first-order valence-corrected chi connectivity index (χ1v) is 9.21. The van der Waals surface area contributed by atoms with Gasteiger partial charge in [-0.2, -0.15) is 4.98 Å². The maximum absolute atomic E-state index is 5.31. The summed E-state index contributed by atoms with van der Waals surface area (Å²) in [5.41, 5.74) is 3.62. The van der Waals surface area contributed by atoms with Gasteiger partial charge in [-0.3, -0.25) is 4.99 Å². The van der Waals surface area contributed by atoms with E-state index in [-0.39, 0.29) is 29.4 Å². The molecule has 0 aliphatic carbocycles. The second kappa shape index (κ2) is 9.40. The van der Waals surface area contributed by atoms with E-state index >= 15 is 0 Å². The molecule has 7 nitrogen and oxygen atoms in total. The van der Waals surface area contributed by atoms with Gasteiger partial charge in [-0.15, -0.1) is 24.0 Å². The summed E-state index contributed by atoms with van der Waals surface area (Å²) >= 11 is 0. The van der Waals surface area contributed by atoms with Gasteiger partial charge in [-0.1, -0.05) is 38.1 Å². The number of guanidine groups is 1. The number of aromatic amines is 1. The van der Waals surface area contributed by atoms with Crippen LogP contribution in [0.4, 0.5) is 0 Å². The van der Waals surface area contributed by atoms with Crippen LogP contribution >= 0.6 is 24.0 Å². The van der Waals surface area contributed by atoms with Gasteiger partial charge in [0.25, 0.3) is 0 Å². The van der Waals surface area contributed by atoms with Crippen LogP contribution < -0.4 is 10.6 Å². The lowest BCUT2D eigenvalue weighted by molar-refractivity contribution is 0.318. The van der Waals surface area contributed by atoms with Crippen LogP contribution in [0.25, 0.3) is 10.9 Å². The minimum Gasteiger partial charge on any atom is -0.361 e. The smallest absolute Gasteiger partial charge is 0.232 e. The number of benzene rings is 1. The van der Waals surface area contributed by atoms with E-state index in [1.165, 1.54) is 22.0 Å². The molecule has 0 unspecified atom stereocenters. The number of aliphatic imine (C=N–C) groups is 1. The van der Waals surface area contributed by atoms with Crippen molar-refractivity contribution < 1.29 is 4.52 Å². The highest BCUT2D eigenvalue weighted by atomic mass is 127. The Bertz CT molecular complexity index is 938. The Kier molecular flexibility index (Phi) is 7.45. The Balaban J connectivity index is 0.00000280. The number of aryl methyl sites for hydroxylation is 1.